The molecule has 0 spiro atoms. The zero-order valence-corrected chi connectivity index (χ0v) is 10.1. The quantitative estimate of drug-likeness (QED) is 0.679. The average molecular weight is 277 g/mol. The number of pyridine rings is 1. The van der Waals surface area contributed by atoms with Crippen molar-refractivity contribution >= 4 is 34.8 Å². The standard InChI is InChI=1S/C11H5Cl3FN/c12-7-3-8(13)11(9(14)4-7)6-1-2-10(15)16-5-6/h1-5H. The summed E-state index contributed by atoms with van der Waals surface area (Å²) in [6.07, 6.45) is 1.37. The molecule has 0 aliphatic heterocycles. The largest absolute Gasteiger partial charge is 0.228 e. The van der Waals surface area contributed by atoms with Crippen molar-refractivity contribution in [3.05, 3.63) is 51.5 Å². The molecular weight excluding hydrogens is 271 g/mol. The molecule has 2 rings (SSSR count). The van der Waals surface area contributed by atoms with Crippen LogP contribution in [0.3, 0.4) is 0 Å². The van der Waals surface area contributed by atoms with Crippen LogP contribution in [0, 0.1) is 5.95 Å². The highest BCUT2D eigenvalue weighted by molar-refractivity contribution is 6.41. The Bertz CT molecular complexity index is 502. The van der Waals surface area contributed by atoms with Gasteiger partial charge in [0.25, 0.3) is 0 Å². The fourth-order valence-electron chi connectivity index (χ4n) is 1.34. The van der Waals surface area contributed by atoms with E-state index in [1.54, 1.807) is 18.2 Å². The molecule has 1 aromatic carbocycles. The molecule has 1 heterocycles. The molecule has 16 heavy (non-hydrogen) atoms. The first kappa shape index (κ1) is 11.6. The highest BCUT2D eigenvalue weighted by Crippen LogP contribution is 2.36. The van der Waals surface area contributed by atoms with Gasteiger partial charge in [0, 0.05) is 22.3 Å². The topological polar surface area (TPSA) is 12.9 Å². The van der Waals surface area contributed by atoms with E-state index in [0.717, 1.165) is 0 Å². The number of benzene rings is 1. The SMILES string of the molecule is Fc1ccc(-c2c(Cl)cc(Cl)cc2Cl)cn1. The minimum absolute atomic E-state index is 0.408. The summed E-state index contributed by atoms with van der Waals surface area (Å²) in [4.78, 5) is 3.54. The first-order valence-corrected chi connectivity index (χ1v) is 5.48. The molecule has 5 heteroatoms. The second kappa shape index (κ2) is 4.58. The van der Waals surface area contributed by atoms with Gasteiger partial charge in [-0.3, -0.25) is 0 Å². The minimum atomic E-state index is -0.551. The van der Waals surface area contributed by atoms with Gasteiger partial charge in [-0.25, -0.2) is 4.98 Å². The Kier molecular flexibility index (Phi) is 3.33. The molecule has 0 amide bonds. The minimum Gasteiger partial charge on any atom is -0.228 e. The predicted octanol–water partition coefficient (Wildman–Crippen LogP) is 4.85. The van der Waals surface area contributed by atoms with E-state index in [4.69, 9.17) is 34.8 Å². The zero-order chi connectivity index (χ0) is 11.7. The summed E-state index contributed by atoms with van der Waals surface area (Å²) >= 11 is 17.8. The second-order valence-corrected chi connectivity index (χ2v) is 4.36. The van der Waals surface area contributed by atoms with Crippen molar-refractivity contribution in [1.82, 2.24) is 4.98 Å². The van der Waals surface area contributed by atoms with Gasteiger partial charge in [0.15, 0.2) is 0 Å². The summed E-state index contributed by atoms with van der Waals surface area (Å²) in [6.45, 7) is 0. The maximum absolute atomic E-state index is 12.7. The number of hydrogen-bond donors (Lipinski definition) is 0. The molecule has 0 saturated carbocycles. The van der Waals surface area contributed by atoms with Gasteiger partial charge >= 0.3 is 0 Å². The summed E-state index contributed by atoms with van der Waals surface area (Å²) in [5.41, 5.74) is 1.24. The van der Waals surface area contributed by atoms with Crippen LogP contribution >= 0.6 is 34.8 Å². The van der Waals surface area contributed by atoms with Crippen molar-refractivity contribution < 1.29 is 4.39 Å². The highest BCUT2D eigenvalue weighted by Gasteiger charge is 2.10. The van der Waals surface area contributed by atoms with Crippen molar-refractivity contribution in [3.63, 3.8) is 0 Å². The van der Waals surface area contributed by atoms with E-state index in [1.807, 2.05) is 0 Å². The van der Waals surface area contributed by atoms with Crippen LogP contribution < -0.4 is 0 Å². The fraction of sp³-hybridized carbons (Fsp3) is 0. The summed E-state index contributed by atoms with van der Waals surface area (Å²) in [6, 6.07) is 5.96. The van der Waals surface area contributed by atoms with Gasteiger partial charge in [0.1, 0.15) is 0 Å². The summed E-state index contributed by atoms with van der Waals surface area (Å²) in [5, 5.41) is 1.27. The predicted molar refractivity (Wildman–Crippen MR) is 64.7 cm³/mol. The Morgan fingerprint density at radius 2 is 1.62 bits per heavy atom. The monoisotopic (exact) mass is 275 g/mol. The van der Waals surface area contributed by atoms with Crippen LogP contribution in [0.1, 0.15) is 0 Å². The second-order valence-electron chi connectivity index (χ2n) is 3.11. The Morgan fingerprint density at radius 1 is 1.00 bits per heavy atom. The maximum Gasteiger partial charge on any atom is 0.212 e. The normalized spacial score (nSPS) is 10.5. The smallest absolute Gasteiger partial charge is 0.212 e. The Balaban J connectivity index is 2.60. The van der Waals surface area contributed by atoms with Crippen LogP contribution in [0.4, 0.5) is 4.39 Å². The molecule has 0 bridgehead atoms. The Hall–Kier alpha value is -0.830. The van der Waals surface area contributed by atoms with E-state index < -0.39 is 5.95 Å². The molecule has 0 aliphatic rings. The van der Waals surface area contributed by atoms with E-state index in [2.05, 4.69) is 4.98 Å². The molecule has 82 valence electrons. The van der Waals surface area contributed by atoms with Crippen LogP contribution in [0.25, 0.3) is 11.1 Å². The van der Waals surface area contributed by atoms with Gasteiger partial charge in [-0.1, -0.05) is 34.8 Å². The Labute approximate surface area is 107 Å². The third-order valence-corrected chi connectivity index (χ3v) is 2.84. The Morgan fingerprint density at radius 3 is 2.12 bits per heavy atom. The lowest BCUT2D eigenvalue weighted by Crippen LogP contribution is -1.86. The molecule has 1 nitrogen and oxygen atoms in total. The summed E-state index contributed by atoms with van der Waals surface area (Å²) in [5.74, 6) is -0.551. The zero-order valence-electron chi connectivity index (χ0n) is 7.85. The van der Waals surface area contributed by atoms with Crippen LogP contribution in [-0.4, -0.2) is 4.98 Å². The average Bonchev–Trinajstić information content (AvgIpc) is 2.19. The fourth-order valence-corrected chi connectivity index (χ4v) is 2.38. The summed E-state index contributed by atoms with van der Waals surface area (Å²) < 4.78 is 12.7. The highest BCUT2D eigenvalue weighted by atomic mass is 35.5. The van der Waals surface area contributed by atoms with Crippen LogP contribution in [0.2, 0.25) is 15.1 Å². The summed E-state index contributed by atoms with van der Waals surface area (Å²) in [7, 11) is 0. The van der Waals surface area contributed by atoms with Gasteiger partial charge in [-0.2, -0.15) is 4.39 Å². The third-order valence-electron chi connectivity index (χ3n) is 2.02. The van der Waals surface area contributed by atoms with E-state index in [0.29, 0.717) is 26.2 Å². The van der Waals surface area contributed by atoms with E-state index in [9.17, 15) is 4.39 Å². The van der Waals surface area contributed by atoms with Crippen molar-refractivity contribution in [3.8, 4) is 11.1 Å². The molecular formula is C11H5Cl3FN. The van der Waals surface area contributed by atoms with Crippen molar-refractivity contribution in [2.24, 2.45) is 0 Å². The number of nitrogens with zero attached hydrogens (tertiary/aromatic N) is 1. The van der Waals surface area contributed by atoms with E-state index in [1.165, 1.54) is 12.3 Å². The van der Waals surface area contributed by atoms with Gasteiger partial charge in [0.2, 0.25) is 5.95 Å². The van der Waals surface area contributed by atoms with Crippen molar-refractivity contribution in [2.75, 3.05) is 0 Å². The van der Waals surface area contributed by atoms with Crippen LogP contribution in [0.5, 0.6) is 0 Å². The molecule has 0 saturated heterocycles. The lowest BCUT2D eigenvalue weighted by Gasteiger charge is -2.07. The van der Waals surface area contributed by atoms with Gasteiger partial charge in [0.05, 0.1) is 10.0 Å². The van der Waals surface area contributed by atoms with E-state index in [-0.39, 0.29) is 0 Å². The van der Waals surface area contributed by atoms with Crippen molar-refractivity contribution in [2.45, 2.75) is 0 Å². The molecule has 0 N–H and O–H groups in total. The first-order valence-electron chi connectivity index (χ1n) is 4.34. The van der Waals surface area contributed by atoms with Crippen LogP contribution in [0.15, 0.2) is 30.5 Å². The number of aromatic nitrogens is 1. The third kappa shape index (κ3) is 2.29. The molecule has 2 aromatic rings. The molecule has 0 radical (unpaired) electrons. The van der Waals surface area contributed by atoms with Crippen LogP contribution in [-0.2, 0) is 0 Å². The number of rotatable bonds is 1. The molecule has 0 unspecified atom stereocenters. The number of hydrogen-bond acceptors (Lipinski definition) is 1. The molecule has 0 aliphatic carbocycles. The van der Waals surface area contributed by atoms with E-state index >= 15 is 0 Å². The lowest BCUT2D eigenvalue weighted by atomic mass is 10.1. The number of halogens is 4. The molecule has 1 aromatic heterocycles. The van der Waals surface area contributed by atoms with Gasteiger partial charge in [-0.05, 0) is 24.3 Å². The van der Waals surface area contributed by atoms with Crippen molar-refractivity contribution in [1.29, 1.82) is 0 Å². The maximum atomic E-state index is 12.7. The molecule has 0 fully saturated rings. The molecule has 0 atom stereocenters. The first-order chi connectivity index (χ1) is 7.58. The van der Waals surface area contributed by atoms with Gasteiger partial charge in [-0.15, -0.1) is 0 Å². The lowest BCUT2D eigenvalue weighted by molar-refractivity contribution is 0.584. The van der Waals surface area contributed by atoms with Gasteiger partial charge < -0.3 is 0 Å².